The zero-order valence-electron chi connectivity index (χ0n) is 6.36. The molecule has 6 heteroatoms. The van der Waals surface area contributed by atoms with Crippen LogP contribution in [0.15, 0.2) is 0 Å². The van der Waals surface area contributed by atoms with Crippen LogP contribution < -0.4 is 5.73 Å². The largest absolute Gasteiger partial charge is 0.481 e. The lowest BCUT2D eigenvalue weighted by atomic mass is 9.96. The third-order valence-corrected chi connectivity index (χ3v) is 1.49. The third-order valence-electron chi connectivity index (χ3n) is 1.49. The van der Waals surface area contributed by atoms with Gasteiger partial charge in [-0.15, -0.1) is 0 Å². The van der Waals surface area contributed by atoms with Crippen LogP contribution in [0, 0.1) is 0 Å². The summed E-state index contributed by atoms with van der Waals surface area (Å²) in [5.74, 6) is -2.54. The SMILES string of the molecule is N[C@](CO)(CCC(=O)O)C(=O)O. The van der Waals surface area contributed by atoms with E-state index in [1.807, 2.05) is 0 Å². The first-order chi connectivity index (χ1) is 5.42. The molecule has 0 aromatic heterocycles. The Morgan fingerprint density at radius 1 is 1.33 bits per heavy atom. The highest BCUT2D eigenvalue weighted by Crippen LogP contribution is 2.08. The van der Waals surface area contributed by atoms with Crippen molar-refractivity contribution in [1.82, 2.24) is 0 Å². The van der Waals surface area contributed by atoms with Crippen molar-refractivity contribution in [3.63, 3.8) is 0 Å². The molecule has 6 nitrogen and oxygen atoms in total. The summed E-state index contributed by atoms with van der Waals surface area (Å²) in [6.45, 7) is -0.768. The molecule has 12 heavy (non-hydrogen) atoms. The number of aliphatic hydroxyl groups excluding tert-OH is 1. The van der Waals surface area contributed by atoms with Gasteiger partial charge in [0.1, 0.15) is 5.54 Å². The van der Waals surface area contributed by atoms with E-state index < -0.39 is 24.1 Å². The van der Waals surface area contributed by atoms with E-state index >= 15 is 0 Å². The minimum absolute atomic E-state index is 0.284. The molecule has 0 bridgehead atoms. The van der Waals surface area contributed by atoms with Gasteiger partial charge in [0.2, 0.25) is 0 Å². The highest BCUT2D eigenvalue weighted by Gasteiger charge is 2.33. The maximum absolute atomic E-state index is 10.4. The summed E-state index contributed by atoms with van der Waals surface area (Å²) in [7, 11) is 0. The summed E-state index contributed by atoms with van der Waals surface area (Å²) in [6.07, 6.45) is -0.655. The second-order valence-electron chi connectivity index (χ2n) is 2.51. The van der Waals surface area contributed by atoms with Crippen LogP contribution in [0.4, 0.5) is 0 Å². The Hall–Kier alpha value is -1.14. The molecule has 0 aromatic carbocycles. The van der Waals surface area contributed by atoms with Gasteiger partial charge in [0.05, 0.1) is 6.61 Å². The summed E-state index contributed by atoms with van der Waals surface area (Å²) in [5.41, 5.74) is 3.34. The van der Waals surface area contributed by atoms with Crippen LogP contribution in [0.3, 0.4) is 0 Å². The fourth-order valence-corrected chi connectivity index (χ4v) is 0.584. The van der Waals surface area contributed by atoms with E-state index in [4.69, 9.17) is 21.1 Å². The highest BCUT2D eigenvalue weighted by molar-refractivity contribution is 5.79. The molecule has 0 spiro atoms. The van der Waals surface area contributed by atoms with Gasteiger partial charge in [0.15, 0.2) is 0 Å². The molecule has 0 aromatic rings. The predicted molar refractivity (Wildman–Crippen MR) is 38.5 cm³/mol. The molecule has 0 heterocycles. The molecule has 1 atom stereocenters. The topological polar surface area (TPSA) is 121 Å². The van der Waals surface area contributed by atoms with Gasteiger partial charge >= 0.3 is 11.9 Å². The average molecular weight is 177 g/mol. The molecule has 0 rings (SSSR count). The monoisotopic (exact) mass is 177 g/mol. The molecular formula is C6H11NO5. The lowest BCUT2D eigenvalue weighted by Crippen LogP contribution is -2.51. The van der Waals surface area contributed by atoms with Crippen LogP contribution in [0.1, 0.15) is 12.8 Å². The van der Waals surface area contributed by atoms with Gasteiger partial charge in [0, 0.05) is 6.42 Å². The Morgan fingerprint density at radius 3 is 2.08 bits per heavy atom. The fraction of sp³-hybridized carbons (Fsp3) is 0.667. The molecule has 0 aliphatic carbocycles. The predicted octanol–water partition coefficient (Wildman–Crippen LogP) is -1.37. The molecule has 5 N–H and O–H groups in total. The van der Waals surface area contributed by atoms with Crippen molar-refractivity contribution < 1.29 is 24.9 Å². The number of hydrogen-bond acceptors (Lipinski definition) is 4. The summed E-state index contributed by atoms with van der Waals surface area (Å²) in [4.78, 5) is 20.4. The van der Waals surface area contributed by atoms with Crippen LogP contribution in [-0.2, 0) is 9.59 Å². The van der Waals surface area contributed by atoms with Crippen molar-refractivity contribution in [3.05, 3.63) is 0 Å². The molecule has 0 radical (unpaired) electrons. The number of carboxylic acids is 2. The lowest BCUT2D eigenvalue weighted by Gasteiger charge is -2.20. The highest BCUT2D eigenvalue weighted by atomic mass is 16.4. The molecule has 0 aliphatic heterocycles. The van der Waals surface area contributed by atoms with Crippen LogP contribution >= 0.6 is 0 Å². The van der Waals surface area contributed by atoms with Crippen molar-refractivity contribution in [2.45, 2.75) is 18.4 Å². The number of carbonyl (C=O) groups is 2. The summed E-state index contributed by atoms with van der Waals surface area (Å²) in [5, 5.41) is 25.3. The van der Waals surface area contributed by atoms with Crippen molar-refractivity contribution in [1.29, 1.82) is 0 Å². The van der Waals surface area contributed by atoms with E-state index in [1.54, 1.807) is 0 Å². The van der Waals surface area contributed by atoms with Crippen molar-refractivity contribution in [2.24, 2.45) is 5.73 Å². The van der Waals surface area contributed by atoms with Crippen molar-refractivity contribution in [2.75, 3.05) is 6.61 Å². The molecular weight excluding hydrogens is 166 g/mol. The summed E-state index contributed by atoms with van der Waals surface area (Å²) >= 11 is 0. The van der Waals surface area contributed by atoms with Crippen molar-refractivity contribution >= 4 is 11.9 Å². The second kappa shape index (κ2) is 4.03. The van der Waals surface area contributed by atoms with Gasteiger partial charge in [-0.2, -0.15) is 0 Å². The maximum Gasteiger partial charge on any atom is 0.326 e. The molecule has 70 valence electrons. The molecule has 0 saturated heterocycles. The smallest absolute Gasteiger partial charge is 0.326 e. The molecule has 0 fully saturated rings. The quantitative estimate of drug-likeness (QED) is 0.411. The molecule has 0 aliphatic rings. The maximum atomic E-state index is 10.4. The van der Waals surface area contributed by atoms with E-state index in [9.17, 15) is 9.59 Å². The van der Waals surface area contributed by atoms with Gasteiger partial charge in [-0.25, -0.2) is 0 Å². The van der Waals surface area contributed by atoms with E-state index in [1.165, 1.54) is 0 Å². The Kier molecular flexibility index (Phi) is 3.65. The first-order valence-electron chi connectivity index (χ1n) is 3.27. The molecule has 0 saturated carbocycles. The van der Waals surface area contributed by atoms with Gasteiger partial charge in [-0.3, -0.25) is 9.59 Å². The Bertz CT molecular complexity index is 192. The number of hydrogen-bond donors (Lipinski definition) is 4. The fourth-order valence-electron chi connectivity index (χ4n) is 0.584. The van der Waals surface area contributed by atoms with Gasteiger partial charge in [-0.1, -0.05) is 0 Å². The Balaban J connectivity index is 4.15. The van der Waals surface area contributed by atoms with E-state index in [0.29, 0.717) is 0 Å². The number of rotatable bonds is 5. The number of nitrogens with two attached hydrogens (primary N) is 1. The third kappa shape index (κ3) is 2.85. The lowest BCUT2D eigenvalue weighted by molar-refractivity contribution is -0.146. The zero-order chi connectivity index (χ0) is 9.78. The first-order valence-corrected chi connectivity index (χ1v) is 3.27. The molecule has 0 amide bonds. The van der Waals surface area contributed by atoms with Crippen LogP contribution in [0.2, 0.25) is 0 Å². The minimum atomic E-state index is -1.83. The zero-order valence-corrected chi connectivity index (χ0v) is 6.36. The van der Waals surface area contributed by atoms with Crippen molar-refractivity contribution in [3.8, 4) is 0 Å². The first kappa shape index (κ1) is 10.9. The second-order valence-corrected chi connectivity index (χ2v) is 2.51. The number of carboxylic acid groups (broad SMARTS) is 2. The minimum Gasteiger partial charge on any atom is -0.481 e. The van der Waals surface area contributed by atoms with Gasteiger partial charge in [-0.05, 0) is 6.42 Å². The van der Waals surface area contributed by atoms with E-state index in [2.05, 4.69) is 0 Å². The van der Waals surface area contributed by atoms with Crippen LogP contribution in [0.5, 0.6) is 0 Å². The summed E-state index contributed by atoms with van der Waals surface area (Å²) < 4.78 is 0. The average Bonchev–Trinajstić information content (AvgIpc) is 1.99. The standard InChI is InChI=1S/C6H11NO5/c7-6(3-8,5(11)12)2-1-4(9)10/h8H,1-3,7H2,(H,9,10)(H,11,12)/t6-/m0/s1. The number of aliphatic carboxylic acids is 2. The van der Waals surface area contributed by atoms with Crippen LogP contribution in [0.25, 0.3) is 0 Å². The normalized spacial score (nSPS) is 15.2. The molecule has 0 unspecified atom stereocenters. The van der Waals surface area contributed by atoms with Gasteiger partial charge < -0.3 is 21.1 Å². The van der Waals surface area contributed by atoms with Gasteiger partial charge in [0.25, 0.3) is 0 Å². The van der Waals surface area contributed by atoms with E-state index in [-0.39, 0.29) is 12.8 Å². The Morgan fingerprint density at radius 2 is 1.83 bits per heavy atom. The van der Waals surface area contributed by atoms with Crippen LogP contribution in [-0.4, -0.2) is 39.4 Å². The number of aliphatic hydroxyl groups is 1. The Labute approximate surface area is 68.6 Å². The van der Waals surface area contributed by atoms with E-state index in [0.717, 1.165) is 0 Å². The summed E-state index contributed by atoms with van der Waals surface area (Å²) in [6, 6.07) is 0.